The van der Waals surface area contributed by atoms with Crippen LogP contribution in [0.1, 0.15) is 36.5 Å². The van der Waals surface area contributed by atoms with E-state index in [-0.39, 0.29) is 5.91 Å². The maximum atomic E-state index is 12.2. The molecule has 1 amide bonds. The second-order valence-corrected chi connectivity index (χ2v) is 8.08. The highest BCUT2D eigenvalue weighted by Crippen LogP contribution is 2.21. The minimum Gasteiger partial charge on any atom is -0.305 e. The van der Waals surface area contributed by atoms with E-state index in [9.17, 15) is 4.79 Å². The fourth-order valence-electron chi connectivity index (χ4n) is 2.66. The van der Waals surface area contributed by atoms with E-state index in [2.05, 4.69) is 52.3 Å². The Bertz CT molecular complexity index is 976. The molecule has 28 heavy (non-hydrogen) atoms. The highest BCUT2D eigenvalue weighted by molar-refractivity contribution is 9.10. The van der Waals surface area contributed by atoms with Gasteiger partial charge < -0.3 is 5.32 Å². The van der Waals surface area contributed by atoms with Crippen molar-refractivity contribution in [1.82, 2.24) is 9.78 Å². The number of halogens is 2. The van der Waals surface area contributed by atoms with E-state index in [0.717, 1.165) is 15.6 Å². The molecule has 0 aliphatic rings. The zero-order valence-electron chi connectivity index (χ0n) is 15.7. The van der Waals surface area contributed by atoms with Crippen molar-refractivity contribution in [3.63, 3.8) is 0 Å². The molecule has 2 aromatic carbocycles. The number of benzene rings is 2. The third kappa shape index (κ3) is 5.57. The van der Waals surface area contributed by atoms with E-state index in [1.165, 1.54) is 11.6 Å². The molecule has 3 aromatic rings. The zero-order chi connectivity index (χ0) is 20.1. The summed E-state index contributed by atoms with van der Waals surface area (Å²) in [5.74, 6) is 0.741. The van der Waals surface area contributed by atoms with Gasteiger partial charge in [0.2, 0.25) is 5.91 Å². The van der Waals surface area contributed by atoms with Crippen molar-refractivity contribution in [2.45, 2.75) is 26.3 Å². The Kier molecular flexibility index (Phi) is 6.70. The Morgan fingerprint density at radius 2 is 1.86 bits per heavy atom. The van der Waals surface area contributed by atoms with Gasteiger partial charge in [0.25, 0.3) is 0 Å². The van der Waals surface area contributed by atoms with Crippen molar-refractivity contribution in [2.75, 3.05) is 5.32 Å². The van der Waals surface area contributed by atoms with Gasteiger partial charge in [-0.05, 0) is 56.7 Å². The first kappa shape index (κ1) is 20.4. The van der Waals surface area contributed by atoms with Crippen LogP contribution in [0.25, 0.3) is 6.08 Å². The molecule has 0 atom stereocenters. The molecular formula is C22H21BrClN3O. The van der Waals surface area contributed by atoms with E-state index in [0.29, 0.717) is 23.3 Å². The number of nitrogens with zero attached hydrogens (tertiary/aromatic N) is 2. The third-order valence-electron chi connectivity index (χ3n) is 4.25. The molecule has 1 heterocycles. The van der Waals surface area contributed by atoms with Crippen LogP contribution in [-0.4, -0.2) is 15.7 Å². The summed E-state index contributed by atoms with van der Waals surface area (Å²) in [6.07, 6.45) is 5.13. The Labute approximate surface area is 178 Å². The fraction of sp³-hybridized carbons (Fsp3) is 0.182. The van der Waals surface area contributed by atoms with Crippen molar-refractivity contribution < 1.29 is 4.79 Å². The number of nitrogens with one attached hydrogen (secondary N) is 1. The predicted octanol–water partition coefficient (Wildman–Crippen LogP) is 6.12. The lowest BCUT2D eigenvalue weighted by Gasteiger charge is -2.04. The van der Waals surface area contributed by atoms with E-state index < -0.39 is 0 Å². The first-order chi connectivity index (χ1) is 13.4. The number of anilines is 1. The molecule has 0 aliphatic heterocycles. The van der Waals surface area contributed by atoms with Crippen LogP contribution in [0.2, 0.25) is 5.02 Å². The summed E-state index contributed by atoms with van der Waals surface area (Å²) < 4.78 is 2.49. The maximum Gasteiger partial charge on any atom is 0.249 e. The molecule has 3 rings (SSSR count). The van der Waals surface area contributed by atoms with Crippen molar-refractivity contribution >= 4 is 45.3 Å². The molecular weight excluding hydrogens is 438 g/mol. The lowest BCUT2D eigenvalue weighted by atomic mass is 10.0. The third-order valence-corrected chi connectivity index (χ3v) is 5.08. The lowest BCUT2D eigenvalue weighted by molar-refractivity contribution is -0.111. The van der Waals surface area contributed by atoms with Gasteiger partial charge >= 0.3 is 0 Å². The molecule has 0 aliphatic carbocycles. The van der Waals surface area contributed by atoms with Crippen molar-refractivity contribution in [1.29, 1.82) is 0 Å². The Morgan fingerprint density at radius 1 is 1.18 bits per heavy atom. The Hall–Kier alpha value is -2.37. The van der Waals surface area contributed by atoms with E-state index >= 15 is 0 Å². The minimum atomic E-state index is -0.231. The SMILES string of the molecule is CC(C)c1ccc(/C=C/C(=O)Nc2nn(Cc3ccc(Cl)cc3)cc2Br)cc1. The lowest BCUT2D eigenvalue weighted by Crippen LogP contribution is -2.09. The van der Waals surface area contributed by atoms with Crippen LogP contribution < -0.4 is 5.32 Å². The highest BCUT2D eigenvalue weighted by atomic mass is 79.9. The van der Waals surface area contributed by atoms with Crippen molar-refractivity contribution in [3.8, 4) is 0 Å². The van der Waals surface area contributed by atoms with Gasteiger partial charge in [0.05, 0.1) is 11.0 Å². The van der Waals surface area contributed by atoms with Gasteiger partial charge in [0, 0.05) is 17.3 Å². The van der Waals surface area contributed by atoms with Gasteiger partial charge in [0.1, 0.15) is 0 Å². The second kappa shape index (κ2) is 9.22. The summed E-state index contributed by atoms with van der Waals surface area (Å²) in [6, 6.07) is 15.8. The van der Waals surface area contributed by atoms with Gasteiger partial charge in [0.15, 0.2) is 5.82 Å². The molecule has 1 N–H and O–H groups in total. The normalized spacial score (nSPS) is 11.3. The van der Waals surface area contributed by atoms with Crippen LogP contribution >= 0.6 is 27.5 Å². The molecule has 144 valence electrons. The molecule has 0 spiro atoms. The Morgan fingerprint density at radius 3 is 2.50 bits per heavy atom. The molecule has 0 saturated heterocycles. The van der Waals surface area contributed by atoms with Crippen LogP contribution in [0, 0.1) is 0 Å². The molecule has 0 fully saturated rings. The number of hydrogen-bond acceptors (Lipinski definition) is 2. The molecule has 1 aromatic heterocycles. The van der Waals surface area contributed by atoms with E-state index in [1.807, 2.05) is 42.6 Å². The molecule has 0 saturated carbocycles. The van der Waals surface area contributed by atoms with Crippen molar-refractivity contribution in [3.05, 3.63) is 87.0 Å². The second-order valence-electron chi connectivity index (χ2n) is 6.79. The number of rotatable bonds is 6. The Balaban J connectivity index is 1.62. The van der Waals surface area contributed by atoms with Crippen LogP contribution in [0.15, 0.2) is 65.3 Å². The zero-order valence-corrected chi connectivity index (χ0v) is 18.0. The quantitative estimate of drug-likeness (QED) is 0.452. The van der Waals surface area contributed by atoms with Gasteiger partial charge in [-0.25, -0.2) is 0 Å². The summed E-state index contributed by atoms with van der Waals surface area (Å²) >= 11 is 9.36. The van der Waals surface area contributed by atoms with Crippen LogP contribution in [0.3, 0.4) is 0 Å². The van der Waals surface area contributed by atoms with E-state index in [1.54, 1.807) is 10.8 Å². The minimum absolute atomic E-state index is 0.231. The summed E-state index contributed by atoms with van der Waals surface area (Å²) in [5, 5.41) is 7.92. The predicted molar refractivity (Wildman–Crippen MR) is 119 cm³/mol. The summed E-state index contributed by atoms with van der Waals surface area (Å²) in [6.45, 7) is 4.90. The van der Waals surface area contributed by atoms with Gasteiger partial charge in [-0.2, -0.15) is 5.10 Å². The van der Waals surface area contributed by atoms with Crippen LogP contribution in [0.5, 0.6) is 0 Å². The van der Waals surface area contributed by atoms with Gasteiger partial charge in [-0.1, -0.05) is 61.8 Å². The van der Waals surface area contributed by atoms with E-state index in [4.69, 9.17) is 11.6 Å². The number of hydrogen-bond donors (Lipinski definition) is 1. The summed E-state index contributed by atoms with van der Waals surface area (Å²) in [5.41, 5.74) is 3.32. The van der Waals surface area contributed by atoms with Gasteiger partial charge in [-0.15, -0.1) is 0 Å². The summed E-state index contributed by atoms with van der Waals surface area (Å²) in [4.78, 5) is 12.2. The topological polar surface area (TPSA) is 46.9 Å². The fourth-order valence-corrected chi connectivity index (χ4v) is 3.20. The number of amides is 1. The van der Waals surface area contributed by atoms with Crippen molar-refractivity contribution in [2.24, 2.45) is 0 Å². The first-order valence-corrected chi connectivity index (χ1v) is 10.1. The van der Waals surface area contributed by atoms with Crippen LogP contribution in [-0.2, 0) is 11.3 Å². The first-order valence-electron chi connectivity index (χ1n) is 8.97. The molecule has 0 unspecified atom stereocenters. The standard InChI is InChI=1S/C22H21BrClN3O/c1-15(2)18-8-3-16(4-9-18)7-12-21(28)25-22-20(23)14-27(26-22)13-17-5-10-19(24)11-6-17/h3-12,14-15H,13H2,1-2H3,(H,25,26,28)/b12-7+. The average Bonchev–Trinajstić information content (AvgIpc) is 3.01. The monoisotopic (exact) mass is 457 g/mol. The maximum absolute atomic E-state index is 12.2. The van der Waals surface area contributed by atoms with Gasteiger partial charge in [-0.3, -0.25) is 9.48 Å². The number of carbonyl (C=O) groups is 1. The molecule has 4 nitrogen and oxygen atoms in total. The summed E-state index contributed by atoms with van der Waals surface area (Å²) in [7, 11) is 0. The number of aromatic nitrogens is 2. The average molecular weight is 459 g/mol. The molecule has 0 radical (unpaired) electrons. The smallest absolute Gasteiger partial charge is 0.249 e. The molecule has 0 bridgehead atoms. The highest BCUT2D eigenvalue weighted by Gasteiger charge is 2.09. The van der Waals surface area contributed by atoms with Crippen LogP contribution in [0.4, 0.5) is 5.82 Å². The molecule has 6 heteroatoms. The largest absolute Gasteiger partial charge is 0.305 e. The number of carbonyl (C=O) groups excluding carboxylic acids is 1.